The van der Waals surface area contributed by atoms with E-state index in [-0.39, 0.29) is 12.0 Å². The van der Waals surface area contributed by atoms with Crippen LogP contribution in [0.5, 0.6) is 0 Å². The number of nitrogens with zero attached hydrogens (tertiary/aromatic N) is 2. The van der Waals surface area contributed by atoms with Gasteiger partial charge in [-0.3, -0.25) is 4.68 Å². The first kappa shape index (κ1) is 14.5. The molecule has 2 rings (SSSR count). The lowest BCUT2D eigenvalue weighted by Crippen LogP contribution is -2.29. The third kappa shape index (κ3) is 3.57. The third-order valence-corrected chi connectivity index (χ3v) is 5.48. The number of rotatable bonds is 6. The zero-order valence-electron chi connectivity index (χ0n) is 11.7. The van der Waals surface area contributed by atoms with E-state index in [1.54, 1.807) is 0 Å². The van der Waals surface area contributed by atoms with E-state index in [0.717, 1.165) is 31.5 Å². The second-order valence-electron chi connectivity index (χ2n) is 5.22. The van der Waals surface area contributed by atoms with Crippen molar-refractivity contribution in [3.8, 4) is 0 Å². The summed E-state index contributed by atoms with van der Waals surface area (Å²) in [5.41, 5.74) is 1.11. The molecule has 0 aliphatic carbocycles. The Kier molecular flexibility index (Phi) is 4.62. The van der Waals surface area contributed by atoms with Crippen molar-refractivity contribution in [2.75, 3.05) is 18.1 Å². The molecule has 1 aliphatic rings. The Hall–Kier alpha value is -0.880. The second-order valence-corrected chi connectivity index (χ2v) is 7.45. The van der Waals surface area contributed by atoms with Gasteiger partial charge in [-0.2, -0.15) is 5.10 Å². The second kappa shape index (κ2) is 6.05. The highest BCUT2D eigenvalue weighted by atomic mass is 32.2. The minimum Gasteiger partial charge on any atom is -0.310 e. The Morgan fingerprint density at radius 3 is 2.84 bits per heavy atom. The molecule has 0 aromatic carbocycles. The average Bonchev–Trinajstić information content (AvgIpc) is 2.97. The van der Waals surface area contributed by atoms with Crippen molar-refractivity contribution in [2.24, 2.45) is 5.92 Å². The van der Waals surface area contributed by atoms with Crippen molar-refractivity contribution in [2.45, 2.75) is 39.3 Å². The van der Waals surface area contributed by atoms with Crippen LogP contribution in [0.4, 0.5) is 0 Å². The van der Waals surface area contributed by atoms with Gasteiger partial charge in [-0.1, -0.05) is 6.92 Å². The monoisotopic (exact) mass is 285 g/mol. The first-order valence-electron chi connectivity index (χ1n) is 7.02. The van der Waals surface area contributed by atoms with E-state index >= 15 is 0 Å². The highest BCUT2D eigenvalue weighted by Crippen LogP contribution is 2.31. The molecule has 0 spiro atoms. The quantitative estimate of drug-likeness (QED) is 0.857. The Labute approximate surface area is 115 Å². The summed E-state index contributed by atoms with van der Waals surface area (Å²) in [6, 6.07) is 0.109. The molecule has 0 amide bonds. The van der Waals surface area contributed by atoms with E-state index < -0.39 is 9.84 Å². The third-order valence-electron chi connectivity index (χ3n) is 3.69. The number of aromatic nitrogens is 2. The fourth-order valence-electron chi connectivity index (χ4n) is 2.66. The fourth-order valence-corrected chi connectivity index (χ4v) is 4.50. The summed E-state index contributed by atoms with van der Waals surface area (Å²) in [4.78, 5) is 0. The molecule has 0 saturated carbocycles. The fraction of sp³-hybridized carbons (Fsp3) is 0.769. The van der Waals surface area contributed by atoms with Crippen molar-refractivity contribution < 1.29 is 8.42 Å². The maximum absolute atomic E-state index is 11.7. The SMILES string of the molecule is CCCNC(c1cnn(CC)c1)C1CCS(=O)(=O)C1. The van der Waals surface area contributed by atoms with Crippen LogP contribution in [0.25, 0.3) is 0 Å². The van der Waals surface area contributed by atoms with Crippen LogP contribution in [0, 0.1) is 5.92 Å². The van der Waals surface area contributed by atoms with E-state index in [1.165, 1.54) is 0 Å². The van der Waals surface area contributed by atoms with Crippen molar-refractivity contribution >= 4 is 9.84 Å². The van der Waals surface area contributed by atoms with E-state index in [4.69, 9.17) is 0 Å². The summed E-state index contributed by atoms with van der Waals surface area (Å²) in [7, 11) is -2.84. The molecule has 5 nitrogen and oxygen atoms in total. The zero-order chi connectivity index (χ0) is 13.9. The maximum Gasteiger partial charge on any atom is 0.150 e. The van der Waals surface area contributed by atoms with Gasteiger partial charge >= 0.3 is 0 Å². The van der Waals surface area contributed by atoms with Gasteiger partial charge in [-0.05, 0) is 32.2 Å². The van der Waals surface area contributed by atoms with E-state index in [1.807, 2.05) is 24.0 Å². The largest absolute Gasteiger partial charge is 0.310 e. The minimum absolute atomic E-state index is 0.109. The smallest absolute Gasteiger partial charge is 0.150 e. The van der Waals surface area contributed by atoms with Crippen LogP contribution >= 0.6 is 0 Å². The van der Waals surface area contributed by atoms with Gasteiger partial charge in [-0.15, -0.1) is 0 Å². The summed E-state index contributed by atoms with van der Waals surface area (Å²) in [5.74, 6) is 0.793. The van der Waals surface area contributed by atoms with Crippen LogP contribution in [0.3, 0.4) is 0 Å². The van der Waals surface area contributed by atoms with E-state index in [9.17, 15) is 8.42 Å². The van der Waals surface area contributed by atoms with Crippen LogP contribution in [0.1, 0.15) is 38.3 Å². The van der Waals surface area contributed by atoms with Crippen molar-refractivity contribution in [1.29, 1.82) is 0 Å². The zero-order valence-corrected chi connectivity index (χ0v) is 12.5. The summed E-state index contributed by atoms with van der Waals surface area (Å²) in [6.07, 6.45) is 5.68. The molecule has 1 fully saturated rings. The van der Waals surface area contributed by atoms with E-state index in [2.05, 4.69) is 17.3 Å². The molecule has 0 radical (unpaired) electrons. The topological polar surface area (TPSA) is 64.0 Å². The Morgan fingerprint density at radius 1 is 1.53 bits per heavy atom. The first-order chi connectivity index (χ1) is 9.05. The summed E-state index contributed by atoms with van der Waals surface area (Å²) < 4.78 is 25.2. The van der Waals surface area contributed by atoms with Gasteiger partial charge in [-0.25, -0.2) is 8.42 Å². The molecule has 1 aromatic heterocycles. The molecule has 0 bridgehead atoms. The van der Waals surface area contributed by atoms with Gasteiger partial charge in [0.2, 0.25) is 0 Å². The van der Waals surface area contributed by atoms with Crippen LogP contribution in [0.15, 0.2) is 12.4 Å². The van der Waals surface area contributed by atoms with Gasteiger partial charge < -0.3 is 5.32 Å². The Bertz CT molecular complexity index is 510. The van der Waals surface area contributed by atoms with Crippen LogP contribution in [-0.4, -0.2) is 36.2 Å². The van der Waals surface area contributed by atoms with Crippen LogP contribution < -0.4 is 5.32 Å². The molecule has 1 N–H and O–H groups in total. The lowest BCUT2D eigenvalue weighted by atomic mass is 9.94. The standard InChI is InChI=1S/C13H23N3O2S/c1-3-6-14-13(11-5-7-19(17,18)10-11)12-8-15-16(4-2)9-12/h8-9,11,13-14H,3-7,10H2,1-2H3. The molecule has 108 valence electrons. The predicted octanol–water partition coefficient (Wildman–Crippen LogP) is 1.38. The predicted molar refractivity (Wildman–Crippen MR) is 75.7 cm³/mol. The summed E-state index contributed by atoms with van der Waals surface area (Å²) in [5, 5.41) is 7.78. The lowest BCUT2D eigenvalue weighted by molar-refractivity contribution is 0.392. The van der Waals surface area contributed by atoms with Gasteiger partial charge in [0, 0.05) is 24.3 Å². The molecule has 2 heterocycles. The number of aryl methyl sites for hydroxylation is 1. The molecule has 1 aromatic rings. The Morgan fingerprint density at radius 2 is 2.32 bits per heavy atom. The summed E-state index contributed by atoms with van der Waals surface area (Å²) >= 11 is 0. The van der Waals surface area contributed by atoms with Crippen LogP contribution in [-0.2, 0) is 16.4 Å². The number of nitrogens with one attached hydrogen (secondary N) is 1. The molecular weight excluding hydrogens is 262 g/mol. The van der Waals surface area contributed by atoms with Gasteiger partial charge in [0.15, 0.2) is 9.84 Å². The van der Waals surface area contributed by atoms with Gasteiger partial charge in [0.25, 0.3) is 0 Å². The normalized spacial score (nSPS) is 23.6. The lowest BCUT2D eigenvalue weighted by Gasteiger charge is -2.22. The van der Waals surface area contributed by atoms with Gasteiger partial charge in [0.05, 0.1) is 17.7 Å². The number of hydrogen-bond donors (Lipinski definition) is 1. The molecule has 19 heavy (non-hydrogen) atoms. The minimum atomic E-state index is -2.84. The van der Waals surface area contributed by atoms with Crippen molar-refractivity contribution in [3.05, 3.63) is 18.0 Å². The maximum atomic E-state index is 11.7. The molecule has 1 saturated heterocycles. The van der Waals surface area contributed by atoms with Crippen LogP contribution in [0.2, 0.25) is 0 Å². The highest BCUT2D eigenvalue weighted by Gasteiger charge is 2.34. The first-order valence-corrected chi connectivity index (χ1v) is 8.84. The number of hydrogen-bond acceptors (Lipinski definition) is 4. The Balaban J connectivity index is 2.16. The van der Waals surface area contributed by atoms with Gasteiger partial charge in [0.1, 0.15) is 0 Å². The molecule has 2 atom stereocenters. The number of sulfone groups is 1. The molecule has 6 heteroatoms. The summed E-state index contributed by atoms with van der Waals surface area (Å²) in [6.45, 7) is 5.90. The molecule has 1 aliphatic heterocycles. The molecular formula is C13H23N3O2S. The highest BCUT2D eigenvalue weighted by molar-refractivity contribution is 7.91. The van der Waals surface area contributed by atoms with Crippen molar-refractivity contribution in [3.63, 3.8) is 0 Å². The van der Waals surface area contributed by atoms with E-state index in [0.29, 0.717) is 11.5 Å². The average molecular weight is 285 g/mol. The molecule has 2 unspecified atom stereocenters. The van der Waals surface area contributed by atoms with Crippen molar-refractivity contribution in [1.82, 2.24) is 15.1 Å².